The summed E-state index contributed by atoms with van der Waals surface area (Å²) in [4.78, 5) is 0. The molecule has 27 heavy (non-hydrogen) atoms. The Kier molecular flexibility index (Phi) is 10.4. The second kappa shape index (κ2) is 12.9. The van der Waals surface area contributed by atoms with E-state index in [-0.39, 0.29) is 0 Å². The van der Waals surface area contributed by atoms with Crippen LogP contribution in [-0.2, 0) is 0 Å². The number of benzene rings is 2. The Morgan fingerprint density at radius 2 is 1.41 bits per heavy atom. The summed E-state index contributed by atoms with van der Waals surface area (Å²) in [6.07, 6.45) is 10.8. The average Bonchev–Trinajstić information content (AvgIpc) is 2.69. The standard InChI is InChI=1S/C24H35ClO2/c1-3-4-12-18-27-24-20(2)19-23(21-14-9-10-15-22(21)24)26-17-13-8-6-5-7-11-16-25/h9-10,14-15,19H,3-8,11-13,16-18H2,1-2H3. The second-order valence-corrected chi connectivity index (χ2v) is 7.66. The van der Waals surface area contributed by atoms with Crippen molar-refractivity contribution in [3.05, 3.63) is 35.9 Å². The lowest BCUT2D eigenvalue weighted by atomic mass is 10.0. The van der Waals surface area contributed by atoms with Crippen molar-refractivity contribution in [2.45, 2.75) is 71.6 Å². The van der Waals surface area contributed by atoms with Gasteiger partial charge in [-0.3, -0.25) is 0 Å². The lowest BCUT2D eigenvalue weighted by Crippen LogP contribution is -2.02. The van der Waals surface area contributed by atoms with E-state index < -0.39 is 0 Å². The van der Waals surface area contributed by atoms with E-state index in [1.165, 1.54) is 38.5 Å². The Bertz CT molecular complexity index is 669. The van der Waals surface area contributed by atoms with Gasteiger partial charge >= 0.3 is 0 Å². The van der Waals surface area contributed by atoms with Crippen molar-refractivity contribution in [3.63, 3.8) is 0 Å². The van der Waals surface area contributed by atoms with Crippen LogP contribution < -0.4 is 9.47 Å². The summed E-state index contributed by atoms with van der Waals surface area (Å²) >= 11 is 5.72. The molecule has 0 saturated carbocycles. The third kappa shape index (κ3) is 7.25. The zero-order valence-corrected chi connectivity index (χ0v) is 17.8. The summed E-state index contributed by atoms with van der Waals surface area (Å²) in [5, 5.41) is 2.31. The molecule has 0 spiro atoms. The van der Waals surface area contributed by atoms with E-state index >= 15 is 0 Å². The van der Waals surface area contributed by atoms with Crippen LogP contribution >= 0.6 is 11.6 Å². The number of unbranched alkanes of at least 4 members (excludes halogenated alkanes) is 7. The van der Waals surface area contributed by atoms with Gasteiger partial charge in [-0.1, -0.05) is 69.7 Å². The molecule has 0 unspecified atom stereocenters. The third-order valence-electron chi connectivity index (χ3n) is 4.92. The van der Waals surface area contributed by atoms with Crippen molar-refractivity contribution >= 4 is 22.4 Å². The van der Waals surface area contributed by atoms with E-state index in [1.807, 2.05) is 0 Å². The van der Waals surface area contributed by atoms with E-state index in [0.717, 1.165) is 66.2 Å². The lowest BCUT2D eigenvalue weighted by molar-refractivity contribution is 0.301. The van der Waals surface area contributed by atoms with Crippen LogP contribution in [0.2, 0.25) is 0 Å². The summed E-state index contributed by atoms with van der Waals surface area (Å²) in [6.45, 7) is 5.89. The van der Waals surface area contributed by atoms with Crippen LogP contribution in [0, 0.1) is 6.92 Å². The first-order chi connectivity index (χ1) is 13.3. The minimum atomic E-state index is 0.773. The molecule has 0 saturated heterocycles. The lowest BCUT2D eigenvalue weighted by Gasteiger charge is -2.16. The van der Waals surface area contributed by atoms with Gasteiger partial charge in [0.25, 0.3) is 0 Å². The zero-order valence-electron chi connectivity index (χ0n) is 17.1. The Morgan fingerprint density at radius 3 is 2.15 bits per heavy atom. The predicted octanol–water partition coefficient (Wildman–Crippen LogP) is 7.68. The number of rotatable bonds is 14. The largest absolute Gasteiger partial charge is 0.493 e. The maximum Gasteiger partial charge on any atom is 0.130 e. The molecule has 2 nitrogen and oxygen atoms in total. The fourth-order valence-corrected chi connectivity index (χ4v) is 3.56. The van der Waals surface area contributed by atoms with Gasteiger partial charge < -0.3 is 9.47 Å². The number of hydrogen-bond donors (Lipinski definition) is 0. The molecule has 0 radical (unpaired) electrons. The van der Waals surface area contributed by atoms with Crippen molar-refractivity contribution in [2.75, 3.05) is 19.1 Å². The van der Waals surface area contributed by atoms with Crippen molar-refractivity contribution in [1.29, 1.82) is 0 Å². The van der Waals surface area contributed by atoms with Crippen LogP contribution in [-0.4, -0.2) is 19.1 Å². The molecule has 0 bridgehead atoms. The number of halogens is 1. The van der Waals surface area contributed by atoms with Gasteiger partial charge in [0.2, 0.25) is 0 Å². The van der Waals surface area contributed by atoms with Gasteiger partial charge in [0.15, 0.2) is 0 Å². The van der Waals surface area contributed by atoms with Crippen LogP contribution in [0.15, 0.2) is 30.3 Å². The molecule has 0 amide bonds. The Morgan fingerprint density at radius 1 is 0.778 bits per heavy atom. The zero-order chi connectivity index (χ0) is 19.3. The van der Waals surface area contributed by atoms with Crippen molar-refractivity contribution in [1.82, 2.24) is 0 Å². The Balaban J connectivity index is 1.93. The van der Waals surface area contributed by atoms with Crippen LogP contribution in [0.5, 0.6) is 11.5 Å². The minimum absolute atomic E-state index is 0.773. The van der Waals surface area contributed by atoms with Gasteiger partial charge in [-0.05, 0) is 37.8 Å². The number of hydrogen-bond acceptors (Lipinski definition) is 2. The normalized spacial score (nSPS) is 11.1. The summed E-state index contributed by atoms with van der Waals surface area (Å²) in [7, 11) is 0. The summed E-state index contributed by atoms with van der Waals surface area (Å²) < 4.78 is 12.3. The number of alkyl halides is 1. The van der Waals surface area contributed by atoms with Crippen LogP contribution in [0.1, 0.15) is 70.3 Å². The molecule has 0 fully saturated rings. The molecule has 2 aromatic rings. The number of ether oxygens (including phenoxy) is 2. The molecule has 0 aliphatic rings. The monoisotopic (exact) mass is 390 g/mol. The summed E-state index contributed by atoms with van der Waals surface area (Å²) in [5.41, 5.74) is 1.15. The molecule has 0 aliphatic heterocycles. The van der Waals surface area contributed by atoms with E-state index in [0.29, 0.717) is 0 Å². The highest BCUT2D eigenvalue weighted by Crippen LogP contribution is 2.36. The first-order valence-electron chi connectivity index (χ1n) is 10.6. The summed E-state index contributed by atoms with van der Waals surface area (Å²) in [5.74, 6) is 2.77. The molecule has 0 N–H and O–H groups in total. The van der Waals surface area contributed by atoms with Crippen molar-refractivity contribution in [3.8, 4) is 11.5 Å². The highest BCUT2D eigenvalue weighted by atomic mass is 35.5. The fourth-order valence-electron chi connectivity index (χ4n) is 3.37. The molecule has 2 aromatic carbocycles. The van der Waals surface area contributed by atoms with E-state index in [9.17, 15) is 0 Å². The molecule has 150 valence electrons. The van der Waals surface area contributed by atoms with Crippen molar-refractivity contribution < 1.29 is 9.47 Å². The molecule has 2 rings (SSSR count). The molecular weight excluding hydrogens is 356 g/mol. The fraction of sp³-hybridized carbons (Fsp3) is 0.583. The van der Waals surface area contributed by atoms with Gasteiger partial charge in [-0.2, -0.15) is 0 Å². The predicted molar refractivity (Wildman–Crippen MR) is 118 cm³/mol. The van der Waals surface area contributed by atoms with E-state index in [2.05, 4.69) is 44.2 Å². The highest BCUT2D eigenvalue weighted by Gasteiger charge is 2.11. The maximum atomic E-state index is 6.15. The van der Waals surface area contributed by atoms with Crippen LogP contribution in [0.3, 0.4) is 0 Å². The smallest absolute Gasteiger partial charge is 0.130 e. The van der Waals surface area contributed by atoms with Crippen molar-refractivity contribution in [2.24, 2.45) is 0 Å². The van der Waals surface area contributed by atoms with Gasteiger partial charge in [0.1, 0.15) is 11.5 Å². The molecule has 0 aliphatic carbocycles. The van der Waals surface area contributed by atoms with Gasteiger partial charge in [0.05, 0.1) is 13.2 Å². The average molecular weight is 391 g/mol. The molecule has 0 heterocycles. The first kappa shape index (κ1) is 21.9. The first-order valence-corrected chi connectivity index (χ1v) is 11.1. The number of aryl methyl sites for hydroxylation is 1. The second-order valence-electron chi connectivity index (χ2n) is 7.28. The van der Waals surface area contributed by atoms with Crippen LogP contribution in [0.4, 0.5) is 0 Å². The van der Waals surface area contributed by atoms with E-state index in [4.69, 9.17) is 21.1 Å². The third-order valence-corrected chi connectivity index (χ3v) is 5.19. The summed E-state index contributed by atoms with van der Waals surface area (Å²) in [6, 6.07) is 10.6. The van der Waals surface area contributed by atoms with Crippen LogP contribution in [0.25, 0.3) is 10.8 Å². The Labute approximate surface area is 170 Å². The molecular formula is C24H35ClO2. The highest BCUT2D eigenvalue weighted by molar-refractivity contribution is 6.17. The molecule has 0 atom stereocenters. The van der Waals surface area contributed by atoms with E-state index in [1.54, 1.807) is 0 Å². The quantitative estimate of drug-likeness (QED) is 0.243. The SMILES string of the molecule is CCCCCOc1c(C)cc(OCCCCCCCCCl)c2ccccc12. The minimum Gasteiger partial charge on any atom is -0.493 e. The number of fused-ring (bicyclic) bond motifs is 1. The van der Waals surface area contributed by atoms with Gasteiger partial charge in [-0.25, -0.2) is 0 Å². The molecule has 3 heteroatoms. The maximum absolute atomic E-state index is 6.15. The van der Waals surface area contributed by atoms with Gasteiger partial charge in [-0.15, -0.1) is 11.6 Å². The Hall–Kier alpha value is -1.41. The topological polar surface area (TPSA) is 18.5 Å². The molecule has 0 aromatic heterocycles. The van der Waals surface area contributed by atoms with Gasteiger partial charge in [0, 0.05) is 16.7 Å².